The van der Waals surface area contributed by atoms with Crippen molar-refractivity contribution in [2.45, 2.75) is 0 Å². The average molecular weight is 481 g/mol. The fraction of sp³-hybridized carbons (Fsp3) is 0.286. The number of carbonyl (C=O) groups is 1. The minimum atomic E-state index is -0.115. The molecular formula is C21H24INO4. The van der Waals surface area contributed by atoms with E-state index in [0.717, 1.165) is 22.4 Å². The molecule has 1 aliphatic rings. The highest BCUT2D eigenvalue weighted by Crippen LogP contribution is 2.27. The Hall–Kier alpha value is -1.74. The van der Waals surface area contributed by atoms with Crippen LogP contribution in [0, 0.1) is 0 Å². The summed E-state index contributed by atoms with van der Waals surface area (Å²) >= 11 is 1.82. The maximum absolute atomic E-state index is 12.8. The van der Waals surface area contributed by atoms with E-state index in [4.69, 9.17) is 12.5 Å². The molecule has 0 unspecified atom stereocenters. The molecule has 1 amide bonds. The van der Waals surface area contributed by atoms with Crippen LogP contribution in [0.15, 0.2) is 66.8 Å². The number of amides is 1. The lowest BCUT2D eigenvalue weighted by atomic mass is 10.0. The highest BCUT2D eigenvalue weighted by atomic mass is 127. The van der Waals surface area contributed by atoms with Crippen molar-refractivity contribution in [1.29, 1.82) is 0 Å². The highest BCUT2D eigenvalue weighted by Gasteiger charge is 2.20. The van der Waals surface area contributed by atoms with Crippen LogP contribution in [0.3, 0.4) is 0 Å². The van der Waals surface area contributed by atoms with Gasteiger partial charge in [-0.05, 0) is 22.8 Å². The number of carbonyl (C=O) groups excluding carboxylic acids is 1. The monoisotopic (exact) mass is 481 g/mol. The molecule has 1 aliphatic heterocycles. The van der Waals surface area contributed by atoms with Crippen LogP contribution in [0.2, 0.25) is 0 Å². The molecule has 2 rings (SSSR count). The molecule has 0 saturated heterocycles. The topological polar surface area (TPSA) is 48.0 Å². The molecule has 0 bridgehead atoms. The van der Waals surface area contributed by atoms with Gasteiger partial charge in [0.25, 0.3) is 5.91 Å². The van der Waals surface area contributed by atoms with Gasteiger partial charge in [0, 0.05) is 0 Å². The van der Waals surface area contributed by atoms with Crippen molar-refractivity contribution < 1.29 is 17.3 Å². The van der Waals surface area contributed by atoms with Crippen LogP contribution in [0.5, 0.6) is 0 Å². The summed E-state index contributed by atoms with van der Waals surface area (Å²) in [7, 11) is 0. The SMILES string of the molecule is C=CC1=C(\C=C)CN(C(=O)COCCOCCOI)c2ccccc2/C=C\1. The van der Waals surface area contributed by atoms with E-state index in [-0.39, 0.29) is 12.5 Å². The van der Waals surface area contributed by atoms with E-state index in [1.807, 2.05) is 59.4 Å². The van der Waals surface area contributed by atoms with Gasteiger partial charge in [-0.25, -0.2) is 0 Å². The summed E-state index contributed by atoms with van der Waals surface area (Å²) in [5, 5.41) is 0. The summed E-state index contributed by atoms with van der Waals surface area (Å²) in [5.41, 5.74) is 3.70. The number of benzene rings is 1. The van der Waals surface area contributed by atoms with Gasteiger partial charge in [0.15, 0.2) is 0 Å². The number of hydrogen-bond donors (Lipinski definition) is 0. The van der Waals surface area contributed by atoms with Crippen LogP contribution in [0.25, 0.3) is 6.08 Å². The molecule has 1 heterocycles. The van der Waals surface area contributed by atoms with Crippen LogP contribution in [0.1, 0.15) is 5.56 Å². The predicted molar refractivity (Wildman–Crippen MR) is 117 cm³/mol. The zero-order valence-corrected chi connectivity index (χ0v) is 17.4. The Morgan fingerprint density at radius 1 is 1.07 bits per heavy atom. The largest absolute Gasteiger partial charge is 0.377 e. The van der Waals surface area contributed by atoms with Crippen molar-refractivity contribution in [1.82, 2.24) is 0 Å². The predicted octanol–water partition coefficient (Wildman–Crippen LogP) is 4.11. The fourth-order valence-electron chi connectivity index (χ4n) is 2.66. The molecule has 144 valence electrons. The first-order valence-corrected chi connectivity index (χ1v) is 9.54. The second-order valence-corrected chi connectivity index (χ2v) is 6.36. The van der Waals surface area contributed by atoms with Gasteiger partial charge < -0.3 is 17.4 Å². The van der Waals surface area contributed by atoms with Crippen LogP contribution < -0.4 is 4.90 Å². The van der Waals surface area contributed by atoms with Gasteiger partial charge in [-0.3, -0.25) is 4.79 Å². The molecule has 1 aromatic rings. The molecule has 0 aliphatic carbocycles. The van der Waals surface area contributed by atoms with E-state index in [2.05, 4.69) is 13.2 Å². The van der Waals surface area contributed by atoms with Crippen LogP contribution in [-0.4, -0.2) is 45.5 Å². The summed E-state index contributed by atoms with van der Waals surface area (Å²) in [5.74, 6) is -0.115. The molecule has 0 atom stereocenters. The number of hydrogen-bond acceptors (Lipinski definition) is 4. The minimum Gasteiger partial charge on any atom is -0.377 e. The van der Waals surface area contributed by atoms with E-state index < -0.39 is 0 Å². The number of fused-ring (bicyclic) bond motifs is 1. The molecule has 6 heteroatoms. The first-order valence-electron chi connectivity index (χ1n) is 8.65. The molecule has 0 spiro atoms. The van der Waals surface area contributed by atoms with Crippen LogP contribution in [-0.2, 0) is 17.3 Å². The number of halogens is 1. The van der Waals surface area contributed by atoms with Gasteiger partial charge in [0.05, 0.1) is 38.7 Å². The van der Waals surface area contributed by atoms with E-state index in [1.165, 1.54) is 0 Å². The number of anilines is 1. The van der Waals surface area contributed by atoms with Crippen molar-refractivity contribution in [3.05, 3.63) is 72.4 Å². The summed E-state index contributed by atoms with van der Waals surface area (Å²) in [4.78, 5) is 14.6. The van der Waals surface area contributed by atoms with Crippen molar-refractivity contribution >= 4 is 40.7 Å². The number of para-hydroxylation sites is 1. The summed E-state index contributed by atoms with van der Waals surface area (Å²) in [6.07, 6.45) is 7.52. The summed E-state index contributed by atoms with van der Waals surface area (Å²) in [6, 6.07) is 7.79. The molecular weight excluding hydrogens is 457 g/mol. The molecule has 0 radical (unpaired) electrons. The van der Waals surface area contributed by atoms with E-state index in [0.29, 0.717) is 33.0 Å². The standard InChI is InChI=1S/C21H24INO4/c1-3-17-9-10-19-7-5-6-8-20(19)23(15-18(17)4-2)21(24)16-26-12-11-25-13-14-27-22/h3-10H,1-2,11-16H2/b10-9-,18-17-. The third kappa shape index (κ3) is 6.42. The van der Waals surface area contributed by atoms with Crippen molar-refractivity contribution in [2.75, 3.05) is 44.5 Å². The quantitative estimate of drug-likeness (QED) is 0.373. The van der Waals surface area contributed by atoms with Gasteiger partial charge in [0.2, 0.25) is 0 Å². The minimum absolute atomic E-state index is 0.0158. The van der Waals surface area contributed by atoms with Gasteiger partial charge in [-0.15, -0.1) is 0 Å². The van der Waals surface area contributed by atoms with E-state index >= 15 is 0 Å². The second-order valence-electron chi connectivity index (χ2n) is 5.74. The third-order valence-electron chi connectivity index (χ3n) is 4.04. The van der Waals surface area contributed by atoms with Crippen molar-refractivity contribution in [3.8, 4) is 0 Å². The van der Waals surface area contributed by atoms with Gasteiger partial charge in [-0.2, -0.15) is 0 Å². The zero-order valence-electron chi connectivity index (χ0n) is 15.2. The third-order valence-corrected chi connectivity index (χ3v) is 4.48. The Labute approximate surface area is 174 Å². The fourth-order valence-corrected chi connectivity index (χ4v) is 2.84. The summed E-state index contributed by atoms with van der Waals surface area (Å²) in [6.45, 7) is 9.95. The normalized spacial score (nSPS) is 17.6. The van der Waals surface area contributed by atoms with Crippen molar-refractivity contribution in [2.24, 2.45) is 0 Å². The average Bonchev–Trinajstić information content (AvgIpc) is 2.68. The summed E-state index contributed by atoms with van der Waals surface area (Å²) < 4.78 is 15.7. The number of rotatable bonds is 10. The number of nitrogens with zero attached hydrogens (tertiary/aromatic N) is 1. The first kappa shape index (κ1) is 21.6. The first-order chi connectivity index (χ1) is 13.2. The van der Waals surface area contributed by atoms with Crippen LogP contribution >= 0.6 is 23.0 Å². The molecule has 5 nitrogen and oxygen atoms in total. The van der Waals surface area contributed by atoms with Crippen molar-refractivity contribution in [3.63, 3.8) is 0 Å². The lowest BCUT2D eigenvalue weighted by Crippen LogP contribution is -2.36. The molecule has 0 aromatic heterocycles. The van der Waals surface area contributed by atoms with Gasteiger partial charge >= 0.3 is 0 Å². The molecule has 27 heavy (non-hydrogen) atoms. The Kier molecular flexibility index (Phi) is 9.47. The number of allylic oxidation sites excluding steroid dienone is 3. The lowest BCUT2D eigenvalue weighted by Gasteiger charge is -2.27. The maximum Gasteiger partial charge on any atom is 0.253 e. The van der Waals surface area contributed by atoms with Gasteiger partial charge in [0.1, 0.15) is 29.6 Å². The van der Waals surface area contributed by atoms with Crippen LogP contribution in [0.4, 0.5) is 5.69 Å². The smallest absolute Gasteiger partial charge is 0.253 e. The van der Waals surface area contributed by atoms with E-state index in [1.54, 1.807) is 17.1 Å². The molecule has 0 N–H and O–H groups in total. The van der Waals surface area contributed by atoms with E-state index in [9.17, 15) is 4.79 Å². The Morgan fingerprint density at radius 2 is 1.81 bits per heavy atom. The second kappa shape index (κ2) is 11.9. The zero-order chi connectivity index (χ0) is 19.5. The Balaban J connectivity index is 2.08. The Morgan fingerprint density at radius 3 is 2.56 bits per heavy atom. The maximum atomic E-state index is 12.8. The Bertz CT molecular complexity index is 727. The molecule has 0 fully saturated rings. The lowest BCUT2D eigenvalue weighted by molar-refractivity contribution is -0.123. The highest BCUT2D eigenvalue weighted by molar-refractivity contribution is 14.1. The molecule has 1 aromatic carbocycles. The number of ether oxygens (including phenoxy) is 2. The van der Waals surface area contributed by atoms with Gasteiger partial charge in [-0.1, -0.05) is 55.7 Å². The molecule has 0 saturated carbocycles.